The summed E-state index contributed by atoms with van der Waals surface area (Å²) in [5, 5.41) is 7.43. The van der Waals surface area contributed by atoms with Crippen LogP contribution in [0.5, 0.6) is 5.75 Å². The lowest BCUT2D eigenvalue weighted by Crippen LogP contribution is -2.33. The number of nitrogens with zero attached hydrogens (tertiary/aromatic N) is 1. The van der Waals surface area contributed by atoms with Crippen LogP contribution in [-0.4, -0.2) is 17.1 Å². The summed E-state index contributed by atoms with van der Waals surface area (Å²) < 4.78 is 10.9. The van der Waals surface area contributed by atoms with Gasteiger partial charge in [0.05, 0.1) is 10.6 Å². The molecule has 0 atom stereocenters. The maximum Gasteiger partial charge on any atom is 0.274 e. The zero-order chi connectivity index (χ0) is 16.2. The smallest absolute Gasteiger partial charge is 0.274 e. The number of amides is 1. The summed E-state index contributed by atoms with van der Waals surface area (Å²) in [6, 6.07) is 7.45. The van der Waals surface area contributed by atoms with Gasteiger partial charge in [0.25, 0.3) is 5.91 Å². The van der Waals surface area contributed by atoms with Crippen LogP contribution in [0, 0.1) is 6.92 Å². The maximum absolute atomic E-state index is 12.4. The number of para-hydroxylation sites is 1. The Morgan fingerprint density at radius 1 is 1.39 bits per heavy atom. The van der Waals surface area contributed by atoms with Crippen LogP contribution in [0.4, 0.5) is 0 Å². The first-order valence-corrected chi connectivity index (χ1v) is 8.16. The van der Waals surface area contributed by atoms with Gasteiger partial charge in [-0.1, -0.05) is 41.7 Å². The number of rotatable bonds is 5. The number of ether oxygens (including phenoxy) is 1. The van der Waals surface area contributed by atoms with Crippen molar-refractivity contribution in [1.82, 2.24) is 10.5 Å². The van der Waals surface area contributed by atoms with Crippen molar-refractivity contribution in [2.75, 3.05) is 0 Å². The Bertz CT molecular complexity index is 693. The molecule has 23 heavy (non-hydrogen) atoms. The molecule has 6 heteroatoms. The zero-order valence-electron chi connectivity index (χ0n) is 13.0. The van der Waals surface area contributed by atoms with Crippen molar-refractivity contribution in [1.29, 1.82) is 0 Å². The molecule has 0 aliphatic heterocycles. The van der Waals surface area contributed by atoms with Gasteiger partial charge in [-0.2, -0.15) is 0 Å². The molecule has 122 valence electrons. The van der Waals surface area contributed by atoms with Crippen molar-refractivity contribution in [2.24, 2.45) is 0 Å². The van der Waals surface area contributed by atoms with Crippen LogP contribution in [0.3, 0.4) is 0 Å². The van der Waals surface area contributed by atoms with Crippen LogP contribution in [0.1, 0.15) is 47.5 Å². The fourth-order valence-electron chi connectivity index (χ4n) is 2.78. The molecule has 1 aliphatic carbocycles. The number of carbonyl (C=O) groups is 1. The van der Waals surface area contributed by atoms with Gasteiger partial charge in [0.2, 0.25) is 0 Å². The molecule has 0 saturated heterocycles. The molecule has 1 aliphatic rings. The van der Waals surface area contributed by atoms with E-state index in [0.717, 1.165) is 25.7 Å². The second-order valence-electron chi connectivity index (χ2n) is 5.74. The molecule has 1 fully saturated rings. The number of hydrogen-bond donors (Lipinski definition) is 1. The van der Waals surface area contributed by atoms with Crippen LogP contribution >= 0.6 is 11.6 Å². The largest absolute Gasteiger partial charge is 0.487 e. The highest BCUT2D eigenvalue weighted by Crippen LogP contribution is 2.25. The highest BCUT2D eigenvalue weighted by molar-refractivity contribution is 6.32. The average molecular weight is 335 g/mol. The van der Waals surface area contributed by atoms with Crippen molar-refractivity contribution >= 4 is 17.5 Å². The SMILES string of the molecule is Cc1onc(C(=O)NC2CCCC2)c1COc1ccccc1Cl. The van der Waals surface area contributed by atoms with Crippen molar-refractivity contribution in [3.63, 3.8) is 0 Å². The standard InChI is InChI=1S/C17H19ClN2O3/c1-11-13(10-22-15-9-5-4-8-14(15)18)16(20-23-11)17(21)19-12-6-2-3-7-12/h4-5,8-9,12H,2-3,6-7,10H2,1H3,(H,19,21). The second-order valence-corrected chi connectivity index (χ2v) is 6.15. The Morgan fingerprint density at radius 2 is 2.13 bits per heavy atom. The Balaban J connectivity index is 1.71. The van der Waals surface area contributed by atoms with Gasteiger partial charge in [0, 0.05) is 6.04 Å². The van der Waals surface area contributed by atoms with Crippen LogP contribution in [0.25, 0.3) is 0 Å². The molecule has 3 rings (SSSR count). The summed E-state index contributed by atoms with van der Waals surface area (Å²) in [6.45, 7) is 1.96. The molecular formula is C17H19ClN2O3. The number of hydrogen-bond acceptors (Lipinski definition) is 4. The van der Waals surface area contributed by atoms with E-state index < -0.39 is 0 Å². The maximum atomic E-state index is 12.4. The lowest BCUT2D eigenvalue weighted by Gasteiger charge is -2.11. The molecule has 1 aromatic carbocycles. The summed E-state index contributed by atoms with van der Waals surface area (Å²) in [4.78, 5) is 12.4. The molecule has 1 N–H and O–H groups in total. The van der Waals surface area contributed by atoms with Crippen LogP contribution in [-0.2, 0) is 6.61 Å². The van der Waals surface area contributed by atoms with Crippen LogP contribution < -0.4 is 10.1 Å². The predicted molar refractivity (Wildman–Crippen MR) is 86.7 cm³/mol. The normalized spacial score (nSPS) is 14.9. The number of aromatic nitrogens is 1. The van der Waals surface area contributed by atoms with E-state index in [1.807, 2.05) is 12.1 Å². The van der Waals surface area contributed by atoms with Gasteiger partial charge in [-0.15, -0.1) is 0 Å². The minimum Gasteiger partial charge on any atom is -0.487 e. The molecular weight excluding hydrogens is 316 g/mol. The van der Waals surface area contributed by atoms with Crippen molar-refractivity contribution in [3.05, 3.63) is 46.3 Å². The van der Waals surface area contributed by atoms with E-state index in [4.69, 9.17) is 20.9 Å². The van der Waals surface area contributed by atoms with E-state index in [1.54, 1.807) is 19.1 Å². The monoisotopic (exact) mass is 334 g/mol. The van der Waals surface area contributed by atoms with E-state index in [-0.39, 0.29) is 18.6 Å². The number of nitrogens with one attached hydrogen (secondary N) is 1. The molecule has 1 heterocycles. The van der Waals surface area contributed by atoms with Crippen molar-refractivity contribution in [2.45, 2.75) is 45.3 Å². The van der Waals surface area contributed by atoms with E-state index in [9.17, 15) is 4.79 Å². The molecule has 0 unspecified atom stereocenters. The van der Waals surface area contributed by atoms with Gasteiger partial charge < -0.3 is 14.6 Å². The minimum absolute atomic E-state index is 0.187. The predicted octanol–water partition coefficient (Wildman–Crippen LogP) is 3.89. The third-order valence-electron chi connectivity index (χ3n) is 4.10. The first-order chi connectivity index (χ1) is 11.1. The fourth-order valence-corrected chi connectivity index (χ4v) is 2.97. The molecule has 0 radical (unpaired) electrons. The molecule has 0 spiro atoms. The van der Waals surface area contributed by atoms with Gasteiger partial charge in [0.15, 0.2) is 5.69 Å². The zero-order valence-corrected chi connectivity index (χ0v) is 13.7. The average Bonchev–Trinajstić information content (AvgIpc) is 3.16. The Hall–Kier alpha value is -2.01. The third-order valence-corrected chi connectivity index (χ3v) is 4.41. The van der Waals surface area contributed by atoms with Gasteiger partial charge in [-0.25, -0.2) is 0 Å². The molecule has 1 saturated carbocycles. The summed E-state index contributed by atoms with van der Waals surface area (Å²) in [6.07, 6.45) is 4.36. The highest BCUT2D eigenvalue weighted by atomic mass is 35.5. The summed E-state index contributed by atoms with van der Waals surface area (Å²) in [7, 11) is 0. The van der Waals surface area contributed by atoms with Crippen LogP contribution in [0.15, 0.2) is 28.8 Å². The first kappa shape index (κ1) is 15.9. The Labute approximate surface area is 139 Å². The Morgan fingerprint density at radius 3 is 2.87 bits per heavy atom. The number of carbonyl (C=O) groups excluding carboxylic acids is 1. The number of benzene rings is 1. The van der Waals surface area contributed by atoms with E-state index in [2.05, 4.69) is 10.5 Å². The number of halogens is 1. The van der Waals surface area contributed by atoms with Gasteiger partial charge in [-0.05, 0) is 31.9 Å². The summed E-state index contributed by atoms with van der Waals surface area (Å²) in [5.74, 6) is 0.942. The van der Waals surface area contributed by atoms with Gasteiger partial charge in [-0.3, -0.25) is 4.79 Å². The Kier molecular flexibility index (Phi) is 4.86. The van der Waals surface area contributed by atoms with E-state index in [0.29, 0.717) is 27.8 Å². The second kappa shape index (κ2) is 7.04. The van der Waals surface area contributed by atoms with Crippen molar-refractivity contribution in [3.8, 4) is 5.75 Å². The van der Waals surface area contributed by atoms with Gasteiger partial charge >= 0.3 is 0 Å². The van der Waals surface area contributed by atoms with Crippen LogP contribution in [0.2, 0.25) is 5.02 Å². The van der Waals surface area contributed by atoms with Gasteiger partial charge in [0.1, 0.15) is 18.1 Å². The molecule has 0 bridgehead atoms. The molecule has 2 aromatic rings. The van der Waals surface area contributed by atoms with Crippen molar-refractivity contribution < 1.29 is 14.1 Å². The lowest BCUT2D eigenvalue weighted by molar-refractivity contribution is 0.0926. The molecule has 1 aromatic heterocycles. The van der Waals surface area contributed by atoms with E-state index in [1.165, 1.54) is 0 Å². The fraction of sp³-hybridized carbons (Fsp3) is 0.412. The third kappa shape index (κ3) is 3.67. The highest BCUT2D eigenvalue weighted by Gasteiger charge is 2.24. The molecule has 1 amide bonds. The minimum atomic E-state index is -0.202. The quantitative estimate of drug-likeness (QED) is 0.901. The number of aryl methyl sites for hydroxylation is 1. The molecule has 5 nitrogen and oxygen atoms in total. The topological polar surface area (TPSA) is 64.4 Å². The van der Waals surface area contributed by atoms with E-state index >= 15 is 0 Å². The summed E-state index contributed by atoms with van der Waals surface area (Å²) >= 11 is 6.08. The lowest BCUT2D eigenvalue weighted by atomic mass is 10.1. The first-order valence-electron chi connectivity index (χ1n) is 7.78. The summed E-state index contributed by atoms with van der Waals surface area (Å²) in [5.41, 5.74) is 0.946.